The third-order valence-corrected chi connectivity index (χ3v) is 1.87. The first-order valence-electron chi connectivity index (χ1n) is 5.26. The van der Waals surface area contributed by atoms with Crippen molar-refractivity contribution in [3.8, 4) is 5.75 Å². The summed E-state index contributed by atoms with van der Waals surface area (Å²) in [6.07, 6.45) is -1.92. The van der Waals surface area contributed by atoms with E-state index in [-0.39, 0.29) is 5.75 Å². The summed E-state index contributed by atoms with van der Waals surface area (Å²) >= 11 is 0. The van der Waals surface area contributed by atoms with Gasteiger partial charge < -0.3 is 10.1 Å². The molecule has 1 aromatic rings. The molecule has 0 unspecified atom stereocenters. The minimum atomic E-state index is -4.73. The standard InChI is InChI=1S/C13H12F3NO2/c1-9(2)3-8-12(18)17-10-4-6-11(7-5-10)19-13(14,15)16/h3-8H,1H2,2H3,(H,17,18)/b8-3+. The monoisotopic (exact) mass is 271 g/mol. The van der Waals surface area contributed by atoms with Gasteiger partial charge in [0.15, 0.2) is 0 Å². The van der Waals surface area contributed by atoms with Gasteiger partial charge in [-0.25, -0.2) is 0 Å². The Balaban J connectivity index is 2.62. The molecule has 0 aromatic heterocycles. The number of anilines is 1. The number of carbonyl (C=O) groups is 1. The van der Waals surface area contributed by atoms with Crippen LogP contribution in [0.2, 0.25) is 0 Å². The molecule has 0 heterocycles. The second kappa shape index (κ2) is 6.08. The van der Waals surface area contributed by atoms with E-state index in [1.54, 1.807) is 6.92 Å². The number of rotatable bonds is 4. The zero-order valence-electron chi connectivity index (χ0n) is 10.1. The maximum atomic E-state index is 11.9. The Morgan fingerprint density at radius 2 is 1.84 bits per heavy atom. The van der Waals surface area contributed by atoms with Crippen LogP contribution in [0.15, 0.2) is 48.6 Å². The predicted octanol–water partition coefficient (Wildman–Crippen LogP) is 3.66. The Hall–Kier alpha value is -2.24. The number of nitrogens with one attached hydrogen (secondary N) is 1. The van der Waals surface area contributed by atoms with Gasteiger partial charge in [0, 0.05) is 11.8 Å². The summed E-state index contributed by atoms with van der Waals surface area (Å²) in [6.45, 7) is 5.32. The van der Waals surface area contributed by atoms with Gasteiger partial charge in [-0.2, -0.15) is 0 Å². The van der Waals surface area contributed by atoms with E-state index >= 15 is 0 Å². The average molecular weight is 271 g/mol. The van der Waals surface area contributed by atoms with Crippen molar-refractivity contribution in [1.29, 1.82) is 0 Å². The maximum absolute atomic E-state index is 11.9. The number of carbonyl (C=O) groups excluding carboxylic acids is 1. The molecule has 1 N–H and O–H groups in total. The molecule has 0 bridgehead atoms. The number of ether oxygens (including phenoxy) is 1. The van der Waals surface area contributed by atoms with Crippen molar-refractivity contribution in [3.05, 3.63) is 48.6 Å². The average Bonchev–Trinajstić information content (AvgIpc) is 2.27. The molecule has 0 aliphatic rings. The van der Waals surface area contributed by atoms with Gasteiger partial charge in [-0.3, -0.25) is 4.79 Å². The van der Waals surface area contributed by atoms with E-state index in [2.05, 4.69) is 16.6 Å². The summed E-state index contributed by atoms with van der Waals surface area (Å²) in [7, 11) is 0. The van der Waals surface area contributed by atoms with Crippen LogP contribution in [0.5, 0.6) is 5.75 Å². The first kappa shape index (κ1) is 14.8. The van der Waals surface area contributed by atoms with Gasteiger partial charge in [-0.05, 0) is 31.2 Å². The Morgan fingerprint density at radius 1 is 1.26 bits per heavy atom. The number of alkyl halides is 3. The zero-order valence-corrected chi connectivity index (χ0v) is 10.1. The minimum Gasteiger partial charge on any atom is -0.406 e. The number of allylic oxidation sites excluding steroid dienone is 2. The van der Waals surface area contributed by atoms with E-state index in [4.69, 9.17) is 0 Å². The van der Waals surface area contributed by atoms with Crippen LogP contribution < -0.4 is 10.1 Å². The molecule has 0 atom stereocenters. The highest BCUT2D eigenvalue weighted by Crippen LogP contribution is 2.23. The van der Waals surface area contributed by atoms with Gasteiger partial charge in [0.25, 0.3) is 0 Å². The summed E-state index contributed by atoms with van der Waals surface area (Å²) < 4.78 is 39.5. The SMILES string of the molecule is C=C(C)/C=C/C(=O)Nc1ccc(OC(F)(F)F)cc1. The molecule has 0 aliphatic carbocycles. The highest BCUT2D eigenvalue weighted by molar-refractivity contribution is 5.99. The van der Waals surface area contributed by atoms with Crippen molar-refractivity contribution in [2.24, 2.45) is 0 Å². The molecule has 0 fully saturated rings. The van der Waals surface area contributed by atoms with Crippen LogP contribution in [-0.2, 0) is 4.79 Å². The highest BCUT2D eigenvalue weighted by atomic mass is 19.4. The Morgan fingerprint density at radius 3 is 2.32 bits per heavy atom. The quantitative estimate of drug-likeness (QED) is 0.670. The lowest BCUT2D eigenvalue weighted by molar-refractivity contribution is -0.274. The predicted molar refractivity (Wildman–Crippen MR) is 65.7 cm³/mol. The smallest absolute Gasteiger partial charge is 0.406 e. The molecule has 0 spiro atoms. The van der Waals surface area contributed by atoms with Crippen LogP contribution in [0.25, 0.3) is 0 Å². The van der Waals surface area contributed by atoms with Gasteiger partial charge in [-0.1, -0.05) is 18.2 Å². The van der Waals surface area contributed by atoms with Crippen LogP contribution in [-0.4, -0.2) is 12.3 Å². The van der Waals surface area contributed by atoms with Gasteiger partial charge in [0.05, 0.1) is 0 Å². The molecular formula is C13H12F3NO2. The lowest BCUT2D eigenvalue weighted by Gasteiger charge is -2.09. The van der Waals surface area contributed by atoms with E-state index in [1.807, 2.05) is 0 Å². The van der Waals surface area contributed by atoms with E-state index in [9.17, 15) is 18.0 Å². The molecule has 3 nitrogen and oxygen atoms in total. The summed E-state index contributed by atoms with van der Waals surface area (Å²) in [5, 5.41) is 2.48. The molecule has 1 amide bonds. The van der Waals surface area contributed by atoms with Crippen molar-refractivity contribution in [1.82, 2.24) is 0 Å². The van der Waals surface area contributed by atoms with Crippen LogP contribution in [0, 0.1) is 0 Å². The van der Waals surface area contributed by atoms with Crippen LogP contribution in [0.3, 0.4) is 0 Å². The van der Waals surface area contributed by atoms with Crippen molar-refractivity contribution >= 4 is 11.6 Å². The minimum absolute atomic E-state index is 0.344. The first-order chi connectivity index (χ1) is 8.76. The zero-order chi connectivity index (χ0) is 14.5. The van der Waals surface area contributed by atoms with E-state index in [0.717, 1.165) is 12.1 Å². The van der Waals surface area contributed by atoms with Crippen LogP contribution in [0.4, 0.5) is 18.9 Å². The summed E-state index contributed by atoms with van der Waals surface area (Å²) in [6, 6.07) is 4.86. The molecule has 19 heavy (non-hydrogen) atoms. The molecule has 1 aromatic carbocycles. The summed E-state index contributed by atoms with van der Waals surface area (Å²) in [4.78, 5) is 11.4. The van der Waals surface area contributed by atoms with Gasteiger partial charge >= 0.3 is 6.36 Å². The fourth-order valence-electron chi connectivity index (χ4n) is 1.14. The third-order valence-electron chi connectivity index (χ3n) is 1.87. The largest absolute Gasteiger partial charge is 0.573 e. The number of amides is 1. The Kier molecular flexibility index (Phi) is 4.74. The van der Waals surface area contributed by atoms with Crippen molar-refractivity contribution in [3.63, 3.8) is 0 Å². The molecular weight excluding hydrogens is 259 g/mol. The van der Waals surface area contributed by atoms with Crippen molar-refractivity contribution in [2.45, 2.75) is 13.3 Å². The summed E-state index contributed by atoms with van der Waals surface area (Å²) in [5.41, 5.74) is 1.08. The Labute approximate surface area is 108 Å². The lowest BCUT2D eigenvalue weighted by atomic mass is 10.3. The highest BCUT2D eigenvalue weighted by Gasteiger charge is 2.30. The third kappa shape index (κ3) is 6.30. The van der Waals surface area contributed by atoms with Gasteiger partial charge in [-0.15, -0.1) is 13.2 Å². The maximum Gasteiger partial charge on any atom is 0.573 e. The molecule has 0 radical (unpaired) electrons. The van der Waals surface area contributed by atoms with E-state index < -0.39 is 12.3 Å². The van der Waals surface area contributed by atoms with Crippen LogP contribution in [0.1, 0.15) is 6.92 Å². The van der Waals surface area contributed by atoms with Gasteiger partial charge in [0.2, 0.25) is 5.91 Å². The number of halogens is 3. The first-order valence-corrected chi connectivity index (χ1v) is 5.26. The molecule has 0 saturated carbocycles. The fraction of sp³-hybridized carbons (Fsp3) is 0.154. The number of benzene rings is 1. The van der Waals surface area contributed by atoms with Crippen molar-refractivity contribution < 1.29 is 22.7 Å². The normalized spacial score (nSPS) is 11.4. The number of hydrogen-bond donors (Lipinski definition) is 1. The van der Waals surface area contributed by atoms with Crippen LogP contribution >= 0.6 is 0 Å². The van der Waals surface area contributed by atoms with Gasteiger partial charge in [0.1, 0.15) is 5.75 Å². The molecule has 102 valence electrons. The van der Waals surface area contributed by atoms with E-state index in [1.165, 1.54) is 24.3 Å². The van der Waals surface area contributed by atoms with E-state index in [0.29, 0.717) is 11.3 Å². The molecule has 1 rings (SSSR count). The fourth-order valence-corrected chi connectivity index (χ4v) is 1.14. The topological polar surface area (TPSA) is 38.3 Å². The summed E-state index contributed by atoms with van der Waals surface area (Å²) in [5.74, 6) is -0.740. The lowest BCUT2D eigenvalue weighted by Crippen LogP contribution is -2.17. The Bertz CT molecular complexity index is 490. The molecule has 0 aliphatic heterocycles. The second-order valence-corrected chi connectivity index (χ2v) is 3.74. The molecule has 0 saturated heterocycles. The second-order valence-electron chi connectivity index (χ2n) is 3.74. The molecule has 6 heteroatoms. The van der Waals surface area contributed by atoms with Crippen molar-refractivity contribution in [2.75, 3.05) is 5.32 Å². The number of hydrogen-bond acceptors (Lipinski definition) is 2.